The predicted molar refractivity (Wildman–Crippen MR) is 130 cm³/mol. The monoisotopic (exact) mass is 498 g/mol. The summed E-state index contributed by atoms with van der Waals surface area (Å²) in [6.45, 7) is 7.70. The predicted octanol–water partition coefficient (Wildman–Crippen LogP) is 5.40. The Morgan fingerprint density at radius 3 is 2.51 bits per heavy atom. The molecule has 0 bridgehead atoms. The van der Waals surface area contributed by atoms with Crippen LogP contribution in [0.2, 0.25) is 0 Å². The summed E-state index contributed by atoms with van der Waals surface area (Å²) in [5, 5.41) is 4.13. The molecular weight excluding hydrogens is 471 g/mol. The van der Waals surface area contributed by atoms with Gasteiger partial charge < -0.3 is 9.15 Å². The average Bonchev–Trinajstić information content (AvgIpc) is 3.15. The second-order valence-corrected chi connectivity index (χ2v) is 10.6. The molecule has 184 valence electrons. The Bertz CT molecular complexity index is 1410. The Balaban J connectivity index is 1.62. The molecule has 0 unspecified atom stereocenters. The molecule has 3 aromatic rings. The normalized spacial score (nSPS) is 14.7. The maximum absolute atomic E-state index is 13.2. The zero-order valence-corrected chi connectivity index (χ0v) is 20.8. The first-order chi connectivity index (χ1) is 16.6. The highest BCUT2D eigenvalue weighted by atomic mass is 32.2. The lowest BCUT2D eigenvalue weighted by Gasteiger charge is -2.14. The van der Waals surface area contributed by atoms with Gasteiger partial charge in [-0.2, -0.15) is 18.4 Å². The Labute approximate surface area is 204 Å². The van der Waals surface area contributed by atoms with Crippen LogP contribution < -0.4 is 9.57 Å². The third-order valence-electron chi connectivity index (χ3n) is 5.93. The number of hydrazone groups is 1. The first-order valence-electron chi connectivity index (χ1n) is 11.4. The summed E-state index contributed by atoms with van der Waals surface area (Å²) in [5.41, 5.74) is 3.50. The van der Waals surface area contributed by atoms with Crippen molar-refractivity contribution in [3.63, 3.8) is 0 Å². The zero-order valence-electron chi connectivity index (χ0n) is 20.0. The number of aryl methyl sites for hydroxylation is 2. The number of ether oxygens (including phenoxy) is 1. The molecule has 2 aromatic carbocycles. The number of sulfonamides is 1. The molecule has 0 amide bonds. The van der Waals surface area contributed by atoms with Crippen molar-refractivity contribution in [1.82, 2.24) is 4.83 Å². The molecule has 0 saturated carbocycles. The highest BCUT2D eigenvalue weighted by Crippen LogP contribution is 2.32. The summed E-state index contributed by atoms with van der Waals surface area (Å²) >= 11 is 0. The highest BCUT2D eigenvalue weighted by molar-refractivity contribution is 7.89. The molecule has 1 aromatic heterocycles. The molecule has 0 atom stereocenters. The van der Waals surface area contributed by atoms with E-state index in [1.165, 1.54) is 0 Å². The van der Waals surface area contributed by atoms with Gasteiger partial charge in [0.25, 0.3) is 10.0 Å². The number of benzene rings is 2. The van der Waals surface area contributed by atoms with Crippen molar-refractivity contribution in [1.29, 1.82) is 0 Å². The molecule has 9 heteroatoms. The maximum Gasteiger partial charge on any atom is 0.379 e. The van der Waals surface area contributed by atoms with Crippen LogP contribution in [0.3, 0.4) is 0 Å². The fraction of sp³-hybridized carbons (Fsp3) is 0.308. The van der Waals surface area contributed by atoms with E-state index in [2.05, 4.69) is 9.93 Å². The maximum atomic E-state index is 13.2. The highest BCUT2D eigenvalue weighted by Gasteiger charge is 2.30. The van der Waals surface area contributed by atoms with Crippen LogP contribution >= 0.6 is 0 Å². The number of nitrogens with one attached hydrogen (secondary N) is 1. The van der Waals surface area contributed by atoms with Gasteiger partial charge in [0.05, 0.1) is 10.6 Å². The van der Waals surface area contributed by atoms with Gasteiger partial charge in [-0.05, 0) is 74.1 Å². The Hall–Kier alpha value is -3.46. The van der Waals surface area contributed by atoms with Crippen molar-refractivity contribution in [2.45, 2.75) is 57.8 Å². The molecule has 35 heavy (non-hydrogen) atoms. The third-order valence-corrected chi connectivity index (χ3v) is 7.15. The molecule has 0 radical (unpaired) electrons. The fourth-order valence-corrected chi connectivity index (χ4v) is 4.94. The van der Waals surface area contributed by atoms with Crippen molar-refractivity contribution in [3.8, 4) is 5.75 Å². The molecule has 4 rings (SSSR count). The minimum atomic E-state index is -3.99. The van der Waals surface area contributed by atoms with Crippen LogP contribution in [0, 0.1) is 19.7 Å². The van der Waals surface area contributed by atoms with Crippen LogP contribution in [0.5, 0.6) is 5.75 Å². The van der Waals surface area contributed by atoms with Crippen molar-refractivity contribution in [3.05, 3.63) is 82.1 Å². The van der Waals surface area contributed by atoms with Crippen molar-refractivity contribution < 1.29 is 26.8 Å². The van der Waals surface area contributed by atoms with E-state index in [9.17, 15) is 17.6 Å². The van der Waals surface area contributed by atoms with Gasteiger partial charge in [0, 0.05) is 17.5 Å². The van der Waals surface area contributed by atoms with E-state index in [-0.39, 0.29) is 16.6 Å². The zero-order chi connectivity index (χ0) is 25.3. The van der Waals surface area contributed by atoms with Gasteiger partial charge in [-0.25, -0.2) is 9.18 Å². The number of nitrogens with zero attached hydrogens (tertiary/aromatic N) is 1. The number of hydrogen-bond donors (Lipinski definition) is 1. The minimum absolute atomic E-state index is 0.0715. The molecule has 1 heterocycles. The van der Waals surface area contributed by atoms with E-state index >= 15 is 0 Å². The van der Waals surface area contributed by atoms with Crippen LogP contribution in [0.15, 0.2) is 56.9 Å². The van der Waals surface area contributed by atoms with Gasteiger partial charge in [-0.1, -0.05) is 26.0 Å². The van der Waals surface area contributed by atoms with E-state index in [4.69, 9.17) is 9.15 Å². The van der Waals surface area contributed by atoms with Crippen molar-refractivity contribution in [2.75, 3.05) is 0 Å². The number of furan rings is 1. The van der Waals surface area contributed by atoms with Crippen LogP contribution in [0.1, 0.15) is 71.2 Å². The van der Waals surface area contributed by atoms with Gasteiger partial charge in [-0.15, -0.1) is 0 Å². The molecule has 1 N–H and O–H groups in total. The van der Waals surface area contributed by atoms with Gasteiger partial charge in [0.15, 0.2) is 0 Å². The Morgan fingerprint density at radius 1 is 1.11 bits per heavy atom. The fourth-order valence-electron chi connectivity index (χ4n) is 4.11. The lowest BCUT2D eigenvalue weighted by atomic mass is 9.93. The number of fused-ring (bicyclic) bond motifs is 1. The first-order valence-corrected chi connectivity index (χ1v) is 12.8. The van der Waals surface area contributed by atoms with E-state index in [1.54, 1.807) is 6.92 Å². The lowest BCUT2D eigenvalue weighted by molar-refractivity contribution is 0.0696. The van der Waals surface area contributed by atoms with E-state index in [1.807, 2.05) is 39.0 Å². The number of esters is 1. The van der Waals surface area contributed by atoms with Gasteiger partial charge in [0.2, 0.25) is 5.76 Å². The SMILES string of the molecule is Cc1ccc(C(C)C)c(OC(=O)c2oc3c(c2C)/C(=N/NS(=O)(=O)c2ccc(F)cc2)CCC3)c1. The molecule has 0 fully saturated rings. The van der Waals surface area contributed by atoms with Crippen LogP contribution in [-0.2, 0) is 16.4 Å². The number of halogens is 1. The standard InChI is InChI=1S/C26H27FN2O5S/c1-15(2)20-13-8-16(3)14-23(20)34-26(30)25-17(4)24-21(6-5-7-22(24)33-25)28-29-35(31,32)19-11-9-18(27)10-12-19/h8-15,29H,5-7H2,1-4H3/b28-21+. The van der Waals surface area contributed by atoms with Crippen molar-refractivity contribution >= 4 is 21.7 Å². The summed E-state index contributed by atoms with van der Waals surface area (Å²) in [5.74, 6) is 0.135. The minimum Gasteiger partial charge on any atom is -0.453 e. The summed E-state index contributed by atoms with van der Waals surface area (Å²) < 4.78 is 49.9. The van der Waals surface area contributed by atoms with E-state index in [0.29, 0.717) is 47.6 Å². The Kier molecular flexibility index (Phi) is 6.80. The summed E-state index contributed by atoms with van der Waals surface area (Å²) in [6, 6.07) is 10.2. The average molecular weight is 499 g/mol. The first kappa shape index (κ1) is 24.7. The second-order valence-electron chi connectivity index (χ2n) is 8.90. The van der Waals surface area contributed by atoms with E-state index in [0.717, 1.165) is 35.4 Å². The smallest absolute Gasteiger partial charge is 0.379 e. The molecule has 0 saturated heterocycles. The van der Waals surface area contributed by atoms with Gasteiger partial charge in [-0.3, -0.25) is 0 Å². The quantitative estimate of drug-likeness (QED) is 0.279. The van der Waals surface area contributed by atoms with Crippen LogP contribution in [-0.4, -0.2) is 20.1 Å². The number of carbonyl (C=O) groups excluding carboxylic acids is 1. The topological polar surface area (TPSA) is 98.0 Å². The number of carbonyl (C=O) groups is 1. The summed E-state index contributed by atoms with van der Waals surface area (Å²) in [4.78, 5) is 15.2. The van der Waals surface area contributed by atoms with E-state index < -0.39 is 21.8 Å². The molecular formula is C26H27FN2O5S. The Morgan fingerprint density at radius 2 is 1.83 bits per heavy atom. The molecule has 0 aliphatic heterocycles. The lowest BCUT2D eigenvalue weighted by Crippen LogP contribution is -2.22. The molecule has 0 spiro atoms. The largest absolute Gasteiger partial charge is 0.453 e. The van der Waals surface area contributed by atoms with Crippen LogP contribution in [0.25, 0.3) is 0 Å². The molecule has 7 nitrogen and oxygen atoms in total. The van der Waals surface area contributed by atoms with Gasteiger partial charge in [0.1, 0.15) is 17.3 Å². The summed E-state index contributed by atoms with van der Waals surface area (Å²) in [6.07, 6.45) is 1.78. The summed E-state index contributed by atoms with van der Waals surface area (Å²) in [7, 11) is -3.99. The molecule has 1 aliphatic rings. The number of hydrogen-bond acceptors (Lipinski definition) is 6. The van der Waals surface area contributed by atoms with Gasteiger partial charge >= 0.3 is 5.97 Å². The van der Waals surface area contributed by atoms with Crippen molar-refractivity contribution in [2.24, 2.45) is 5.10 Å². The van der Waals surface area contributed by atoms with Crippen LogP contribution in [0.4, 0.5) is 4.39 Å². The third kappa shape index (κ3) is 5.14. The second kappa shape index (κ2) is 9.65. The number of rotatable bonds is 6. The molecule has 1 aliphatic carbocycles.